The molecule has 0 saturated carbocycles. The van der Waals surface area contributed by atoms with Crippen molar-refractivity contribution in [1.29, 1.82) is 0 Å². The largest absolute Gasteiger partial charge is 0.444 e. The van der Waals surface area contributed by atoms with E-state index < -0.39 is 26.3 Å². The predicted octanol–water partition coefficient (Wildman–Crippen LogP) is 13.7. The molecule has 0 aliphatic rings. The van der Waals surface area contributed by atoms with Gasteiger partial charge in [0.2, 0.25) is 0 Å². The maximum absolute atomic E-state index is 14.2. The Balaban J connectivity index is 1.81. The van der Waals surface area contributed by atoms with Crippen LogP contribution in [0, 0.1) is 0 Å². The van der Waals surface area contributed by atoms with E-state index in [0.29, 0.717) is 18.6 Å². The predicted molar refractivity (Wildman–Crippen MR) is 225 cm³/mol. The number of allylic oxidation sites excluding steroid dienone is 5. The van der Waals surface area contributed by atoms with Crippen molar-refractivity contribution in [3.05, 3.63) is 127 Å². The second-order valence-corrected chi connectivity index (χ2v) is 18.0. The number of ether oxygens (including phenoxy) is 2. The van der Waals surface area contributed by atoms with E-state index in [0.717, 1.165) is 78.0 Å². The van der Waals surface area contributed by atoms with E-state index in [1.54, 1.807) is 12.2 Å². The lowest BCUT2D eigenvalue weighted by atomic mass is 10.0. The minimum Gasteiger partial charge on any atom is -0.444 e. The number of hydrogen-bond donors (Lipinski definition) is 0. The highest BCUT2D eigenvalue weighted by molar-refractivity contribution is 7.55. The van der Waals surface area contributed by atoms with E-state index in [1.807, 2.05) is 88.4 Å². The van der Waals surface area contributed by atoms with Crippen LogP contribution in [0.5, 0.6) is 5.75 Å². The van der Waals surface area contributed by atoms with Crippen LogP contribution in [0.2, 0.25) is 0 Å². The van der Waals surface area contributed by atoms with Gasteiger partial charge in [0.1, 0.15) is 11.5 Å². The molecule has 0 saturated heterocycles. The van der Waals surface area contributed by atoms with Gasteiger partial charge in [-0.2, -0.15) is 0 Å². The molecule has 278 valence electrons. The van der Waals surface area contributed by atoms with Crippen molar-refractivity contribution in [1.82, 2.24) is 0 Å². The first-order valence-electron chi connectivity index (χ1n) is 19.3. The Labute approximate surface area is 317 Å². The summed E-state index contributed by atoms with van der Waals surface area (Å²) in [6.45, 7) is 22.3. The number of unbranched alkanes of at least 4 members (excludes halogenated alkanes) is 3. The molecule has 52 heavy (non-hydrogen) atoms. The zero-order valence-electron chi connectivity index (χ0n) is 32.9. The third-order valence-electron chi connectivity index (χ3n) is 9.64. The molecule has 2 atom stereocenters. The molecule has 0 bridgehead atoms. The summed E-state index contributed by atoms with van der Waals surface area (Å²) in [7, 11) is -3.77. The number of rotatable bonds is 23. The van der Waals surface area contributed by atoms with Crippen LogP contribution in [0.1, 0.15) is 117 Å². The van der Waals surface area contributed by atoms with Crippen molar-refractivity contribution in [3.8, 4) is 16.9 Å². The molecule has 4 nitrogen and oxygen atoms in total. The summed E-state index contributed by atoms with van der Waals surface area (Å²) in [4.78, 5) is 0. The lowest BCUT2D eigenvalue weighted by Crippen LogP contribution is -2.30. The molecule has 0 heterocycles. The standard InChI is InChI=1S/C46H62O4P2/c1-10-17-21-36-25-34-44(40(35-36)24-20-13-4)49-45(8,9)51(47)41-30-26-37(27-31-41)38-28-32-42(33-29-38)52(48)46(15-6,16-7)50-43(14-5)39(22-18-11-2)23-19-12-3/h11,14,18,22,25-35H,2,5,10,12-13,15-17,19-21,23-24H2,1,3-4,6-9H3/q+2/b22-18-,43-39-. The summed E-state index contributed by atoms with van der Waals surface area (Å²) in [5.74, 6) is 1.51. The first-order valence-corrected chi connectivity index (χ1v) is 21.8. The summed E-state index contributed by atoms with van der Waals surface area (Å²) in [5, 5.41) is -0.256. The van der Waals surface area contributed by atoms with Gasteiger partial charge < -0.3 is 9.47 Å². The number of hydrogen-bond acceptors (Lipinski definition) is 4. The van der Waals surface area contributed by atoms with Crippen molar-refractivity contribution in [2.75, 3.05) is 0 Å². The van der Waals surface area contributed by atoms with Gasteiger partial charge in [-0.1, -0.05) is 107 Å². The van der Waals surface area contributed by atoms with E-state index >= 15 is 0 Å². The first kappa shape index (κ1) is 42.8. The molecule has 0 spiro atoms. The fourth-order valence-corrected chi connectivity index (χ4v) is 9.14. The van der Waals surface area contributed by atoms with Crippen molar-refractivity contribution >= 4 is 26.2 Å². The summed E-state index contributed by atoms with van der Waals surface area (Å²) < 4.78 is 41.4. The molecule has 0 aromatic heterocycles. The van der Waals surface area contributed by atoms with E-state index in [1.165, 1.54) is 24.0 Å². The summed E-state index contributed by atoms with van der Waals surface area (Å²) in [6, 6.07) is 22.3. The van der Waals surface area contributed by atoms with Crippen LogP contribution in [0.3, 0.4) is 0 Å². The third kappa shape index (κ3) is 11.5. The summed E-state index contributed by atoms with van der Waals surface area (Å²) in [5.41, 5.74) is 5.57. The van der Waals surface area contributed by atoms with E-state index in [4.69, 9.17) is 9.47 Å². The fourth-order valence-electron chi connectivity index (χ4n) is 6.27. The average Bonchev–Trinajstić information content (AvgIpc) is 3.17. The average molecular weight is 741 g/mol. The lowest BCUT2D eigenvalue weighted by molar-refractivity contribution is 0.0754. The van der Waals surface area contributed by atoms with E-state index in [2.05, 4.69) is 52.1 Å². The SMILES string of the molecule is C=C/C=C\C(CCCC)=C(/C=C)OC(CC)(CC)[P+](=O)c1ccc(-c2ccc([P+](=O)C(C)(C)Oc3ccc(CCCC)cc3CCCC)cc2)cc1. The Hall–Kier alpha value is -3.58. The van der Waals surface area contributed by atoms with Gasteiger partial charge in [-0.15, -0.1) is 0 Å². The van der Waals surface area contributed by atoms with Crippen molar-refractivity contribution in [3.63, 3.8) is 0 Å². The molecule has 3 rings (SSSR count). The zero-order chi connectivity index (χ0) is 38.1. The molecule has 0 fully saturated rings. The summed E-state index contributed by atoms with van der Waals surface area (Å²) >= 11 is 0. The van der Waals surface area contributed by atoms with Crippen LogP contribution in [-0.2, 0) is 26.7 Å². The topological polar surface area (TPSA) is 52.6 Å². The van der Waals surface area contributed by atoms with Gasteiger partial charge in [0, 0.05) is 26.7 Å². The molecule has 2 unspecified atom stereocenters. The van der Waals surface area contributed by atoms with Crippen LogP contribution < -0.4 is 15.3 Å². The Morgan fingerprint density at radius 1 is 0.731 bits per heavy atom. The minimum absolute atomic E-state index is 0.591. The molecular weight excluding hydrogens is 678 g/mol. The molecule has 0 amide bonds. The van der Waals surface area contributed by atoms with Crippen LogP contribution in [-0.4, -0.2) is 10.7 Å². The Morgan fingerprint density at radius 3 is 1.81 bits per heavy atom. The molecule has 0 aliphatic carbocycles. The highest BCUT2D eigenvalue weighted by Gasteiger charge is 2.50. The third-order valence-corrected chi connectivity index (χ3v) is 13.7. The fraction of sp³-hybridized carbons (Fsp3) is 0.435. The molecule has 0 N–H and O–H groups in total. The Morgan fingerprint density at radius 2 is 1.29 bits per heavy atom. The monoisotopic (exact) mass is 740 g/mol. The maximum Gasteiger partial charge on any atom is 0.424 e. The van der Waals surface area contributed by atoms with E-state index in [9.17, 15) is 9.13 Å². The molecule has 0 aliphatic heterocycles. The highest BCUT2D eigenvalue weighted by atomic mass is 31.1. The maximum atomic E-state index is 14.2. The molecular formula is C46H62O4P2+2. The Kier molecular flexibility index (Phi) is 17.5. The van der Waals surface area contributed by atoms with Crippen LogP contribution in [0.15, 0.2) is 116 Å². The lowest BCUT2D eigenvalue weighted by Gasteiger charge is -2.25. The van der Waals surface area contributed by atoms with Crippen molar-refractivity contribution < 1.29 is 18.6 Å². The Bertz CT molecular complexity index is 1690. The number of aryl methyl sites for hydroxylation is 2. The molecule has 3 aromatic rings. The molecule has 0 radical (unpaired) electrons. The minimum atomic E-state index is -1.90. The van der Waals surface area contributed by atoms with Gasteiger partial charge in [-0.05, 0) is 127 Å². The second-order valence-electron chi connectivity index (χ2n) is 13.9. The molecule has 3 aromatic carbocycles. The quantitative estimate of drug-likeness (QED) is 0.0552. The van der Waals surface area contributed by atoms with Crippen LogP contribution >= 0.6 is 15.6 Å². The van der Waals surface area contributed by atoms with Crippen molar-refractivity contribution in [2.24, 2.45) is 0 Å². The van der Waals surface area contributed by atoms with E-state index in [-0.39, 0.29) is 0 Å². The van der Waals surface area contributed by atoms with Gasteiger partial charge in [-0.3, -0.25) is 0 Å². The molecule has 6 heteroatoms. The highest BCUT2D eigenvalue weighted by Crippen LogP contribution is 2.47. The summed E-state index contributed by atoms with van der Waals surface area (Å²) in [6.07, 6.45) is 18.1. The number of benzene rings is 3. The van der Waals surface area contributed by atoms with Gasteiger partial charge in [0.05, 0.1) is 0 Å². The van der Waals surface area contributed by atoms with Gasteiger partial charge >= 0.3 is 26.3 Å². The van der Waals surface area contributed by atoms with Crippen LogP contribution in [0.25, 0.3) is 11.1 Å². The van der Waals surface area contributed by atoms with Gasteiger partial charge in [0.25, 0.3) is 0 Å². The van der Waals surface area contributed by atoms with Gasteiger partial charge in [0.15, 0.2) is 10.6 Å². The van der Waals surface area contributed by atoms with Gasteiger partial charge in [-0.25, -0.2) is 0 Å². The normalized spacial score (nSPS) is 13.1. The smallest absolute Gasteiger partial charge is 0.424 e. The van der Waals surface area contributed by atoms with Crippen molar-refractivity contribution in [2.45, 2.75) is 130 Å². The zero-order valence-corrected chi connectivity index (χ0v) is 34.7. The second kappa shape index (κ2) is 21.2. The first-order chi connectivity index (χ1) is 25.0. The van der Waals surface area contributed by atoms with Crippen LogP contribution in [0.4, 0.5) is 0 Å².